The summed E-state index contributed by atoms with van der Waals surface area (Å²) in [6, 6.07) is 0. The molecule has 1 unspecified atom stereocenters. The number of hydrogen-bond donors (Lipinski definition) is 2. The summed E-state index contributed by atoms with van der Waals surface area (Å²) in [4.78, 5) is 23.7. The highest BCUT2D eigenvalue weighted by Gasteiger charge is 2.15. The van der Waals surface area contributed by atoms with E-state index < -0.39 is 11.7 Å². The lowest BCUT2D eigenvalue weighted by molar-refractivity contribution is -0.144. The van der Waals surface area contributed by atoms with E-state index in [-0.39, 0.29) is 5.97 Å². The maximum atomic E-state index is 12.1. The van der Waals surface area contributed by atoms with Gasteiger partial charge < -0.3 is 29.5 Å². The molecule has 1 amide bonds. The molecule has 0 bridgehead atoms. The van der Waals surface area contributed by atoms with Crippen LogP contribution in [0.2, 0.25) is 0 Å². The predicted octanol–water partition coefficient (Wildman–Crippen LogP) is 8.07. The topological polar surface area (TPSA) is 107 Å². The monoisotopic (exact) mass is 617 g/mol. The number of carbonyl (C=O) groups is 2. The van der Waals surface area contributed by atoms with Gasteiger partial charge in [-0.15, -0.1) is 0 Å². The average molecular weight is 617 g/mol. The van der Waals surface area contributed by atoms with Gasteiger partial charge in [-0.2, -0.15) is 5.06 Å². The lowest BCUT2D eigenvalue weighted by atomic mass is 9.90. The van der Waals surface area contributed by atoms with Crippen molar-refractivity contribution in [2.45, 2.75) is 149 Å². The largest absolute Gasteiger partial charge is 0.466 e. The number of carbonyl (C=O) groups excluding carboxylic acids is 2. The number of ether oxygens (including phenoxy) is 4. The van der Waals surface area contributed by atoms with Crippen LogP contribution in [0.4, 0.5) is 4.79 Å². The summed E-state index contributed by atoms with van der Waals surface area (Å²) in [5.41, 5.74) is -0.517. The summed E-state index contributed by atoms with van der Waals surface area (Å²) in [5.74, 6) is 0.674. The fraction of sp³-hybridized carbons (Fsp3) is 0.941. The van der Waals surface area contributed by atoms with Crippen molar-refractivity contribution in [2.24, 2.45) is 5.92 Å². The van der Waals surface area contributed by atoms with Crippen molar-refractivity contribution in [3.05, 3.63) is 0 Å². The maximum absolute atomic E-state index is 12.1. The van der Waals surface area contributed by atoms with E-state index in [0.29, 0.717) is 59.1 Å². The van der Waals surface area contributed by atoms with Crippen molar-refractivity contribution in [3.8, 4) is 0 Å². The van der Waals surface area contributed by atoms with Crippen molar-refractivity contribution in [2.75, 3.05) is 52.7 Å². The molecule has 9 heteroatoms. The SMILES string of the molecule is CCCCCCCC(CCCCCC)CCCOC(=O)CCCCCN(O)CCOCCOCCNC(=O)OC(C)(C)C. The minimum Gasteiger partial charge on any atom is -0.466 e. The summed E-state index contributed by atoms with van der Waals surface area (Å²) in [5, 5.41) is 13.9. The summed E-state index contributed by atoms with van der Waals surface area (Å²) >= 11 is 0. The van der Waals surface area contributed by atoms with Gasteiger partial charge in [0.1, 0.15) is 5.60 Å². The van der Waals surface area contributed by atoms with E-state index in [1.165, 1.54) is 82.1 Å². The van der Waals surface area contributed by atoms with Crippen LogP contribution in [0.15, 0.2) is 0 Å². The molecule has 0 radical (unpaired) electrons. The van der Waals surface area contributed by atoms with Crippen molar-refractivity contribution in [1.82, 2.24) is 10.4 Å². The number of rotatable bonds is 30. The van der Waals surface area contributed by atoms with Crippen LogP contribution in [-0.4, -0.2) is 80.6 Å². The minimum atomic E-state index is -0.517. The van der Waals surface area contributed by atoms with Crippen LogP contribution in [0.3, 0.4) is 0 Å². The van der Waals surface area contributed by atoms with Gasteiger partial charge in [0, 0.05) is 26.1 Å². The van der Waals surface area contributed by atoms with Crippen LogP contribution in [-0.2, 0) is 23.7 Å². The molecule has 0 rings (SSSR count). The summed E-state index contributed by atoms with van der Waals surface area (Å²) in [6.45, 7) is 13.5. The van der Waals surface area contributed by atoms with Gasteiger partial charge in [-0.25, -0.2) is 4.79 Å². The van der Waals surface area contributed by atoms with Gasteiger partial charge >= 0.3 is 12.1 Å². The first-order chi connectivity index (χ1) is 20.7. The lowest BCUT2D eigenvalue weighted by Crippen LogP contribution is -2.34. The van der Waals surface area contributed by atoms with Gasteiger partial charge in [0.15, 0.2) is 0 Å². The number of nitrogens with zero attached hydrogens (tertiary/aromatic N) is 1. The second-order valence-electron chi connectivity index (χ2n) is 12.7. The Kier molecular flexibility index (Phi) is 28.3. The van der Waals surface area contributed by atoms with Gasteiger partial charge in [-0.05, 0) is 52.4 Å². The number of nitrogens with one attached hydrogen (secondary N) is 1. The molecule has 0 aliphatic rings. The minimum absolute atomic E-state index is 0.101. The molecule has 256 valence electrons. The highest BCUT2D eigenvalue weighted by molar-refractivity contribution is 5.69. The number of hydrogen-bond acceptors (Lipinski definition) is 8. The van der Waals surface area contributed by atoms with Crippen LogP contribution in [0.5, 0.6) is 0 Å². The molecule has 2 N–H and O–H groups in total. The smallest absolute Gasteiger partial charge is 0.407 e. The Morgan fingerprint density at radius 3 is 1.93 bits per heavy atom. The van der Waals surface area contributed by atoms with E-state index in [0.717, 1.165) is 31.6 Å². The highest BCUT2D eigenvalue weighted by Crippen LogP contribution is 2.23. The maximum Gasteiger partial charge on any atom is 0.407 e. The highest BCUT2D eigenvalue weighted by atomic mass is 16.6. The average Bonchev–Trinajstić information content (AvgIpc) is 2.94. The first kappa shape index (κ1) is 41.6. The number of alkyl carbamates (subject to hydrolysis) is 1. The number of amides is 1. The van der Waals surface area contributed by atoms with Crippen LogP contribution in [0, 0.1) is 5.92 Å². The van der Waals surface area contributed by atoms with E-state index in [1.807, 2.05) is 20.8 Å². The molecule has 0 saturated heterocycles. The Labute approximate surface area is 264 Å². The fourth-order valence-electron chi connectivity index (χ4n) is 4.84. The molecule has 0 aromatic rings. The Morgan fingerprint density at radius 1 is 0.698 bits per heavy atom. The second kappa shape index (κ2) is 29.3. The number of unbranched alkanes of at least 4 members (excludes halogenated alkanes) is 9. The first-order valence-corrected chi connectivity index (χ1v) is 17.4. The number of hydroxylamine groups is 2. The summed E-state index contributed by atoms with van der Waals surface area (Å²) < 4.78 is 21.5. The van der Waals surface area contributed by atoms with Gasteiger partial charge in [-0.3, -0.25) is 4.79 Å². The Bertz CT molecular complexity index is 643. The third-order valence-corrected chi connectivity index (χ3v) is 7.28. The summed E-state index contributed by atoms with van der Waals surface area (Å²) in [6.07, 6.45) is 19.2. The molecule has 1 atom stereocenters. The molecule has 0 fully saturated rings. The third kappa shape index (κ3) is 31.8. The zero-order valence-corrected chi connectivity index (χ0v) is 28.6. The van der Waals surface area contributed by atoms with Gasteiger partial charge in [0.25, 0.3) is 0 Å². The predicted molar refractivity (Wildman–Crippen MR) is 174 cm³/mol. The van der Waals surface area contributed by atoms with Crippen molar-refractivity contribution < 1.29 is 33.7 Å². The second-order valence-corrected chi connectivity index (χ2v) is 12.7. The van der Waals surface area contributed by atoms with E-state index in [2.05, 4.69) is 19.2 Å². The zero-order chi connectivity index (χ0) is 32.0. The third-order valence-electron chi connectivity index (χ3n) is 7.28. The molecule has 0 heterocycles. The van der Waals surface area contributed by atoms with E-state index in [1.54, 1.807) is 0 Å². The molecule has 0 aliphatic heterocycles. The zero-order valence-electron chi connectivity index (χ0n) is 28.6. The quantitative estimate of drug-likeness (QED) is 0.0474. The fourth-order valence-corrected chi connectivity index (χ4v) is 4.84. The van der Waals surface area contributed by atoms with Crippen LogP contribution in [0.1, 0.15) is 144 Å². The molecular formula is C34H68N2O7. The van der Waals surface area contributed by atoms with Crippen molar-refractivity contribution >= 4 is 12.1 Å². The normalized spacial score (nSPS) is 12.4. The Morgan fingerprint density at radius 2 is 1.28 bits per heavy atom. The molecule has 43 heavy (non-hydrogen) atoms. The molecule has 0 spiro atoms. The number of esters is 1. The van der Waals surface area contributed by atoms with E-state index >= 15 is 0 Å². The van der Waals surface area contributed by atoms with Crippen LogP contribution in [0.25, 0.3) is 0 Å². The molecule has 0 saturated carbocycles. The van der Waals surface area contributed by atoms with Gasteiger partial charge in [0.2, 0.25) is 0 Å². The van der Waals surface area contributed by atoms with Crippen LogP contribution < -0.4 is 5.32 Å². The molecule has 9 nitrogen and oxygen atoms in total. The molecular weight excluding hydrogens is 548 g/mol. The Hall–Kier alpha value is -1.42. The van der Waals surface area contributed by atoms with Crippen molar-refractivity contribution in [1.29, 1.82) is 0 Å². The van der Waals surface area contributed by atoms with E-state index in [9.17, 15) is 14.8 Å². The molecule has 0 aliphatic carbocycles. The molecule has 0 aromatic heterocycles. The Balaban J connectivity index is 3.69. The first-order valence-electron chi connectivity index (χ1n) is 17.4. The van der Waals surface area contributed by atoms with Crippen molar-refractivity contribution in [3.63, 3.8) is 0 Å². The standard InChI is InChI=1S/C34H68N2O7/c1-6-8-10-12-15-20-31(19-14-11-9-7-2)21-18-26-42-32(37)22-16-13-17-24-36(39)25-28-41-30-29-40-27-23-35-33(38)43-34(3,4)5/h31,39H,6-30H2,1-5H3,(H,35,38). The van der Waals surface area contributed by atoms with Gasteiger partial charge in [-0.1, -0.05) is 90.9 Å². The van der Waals surface area contributed by atoms with Gasteiger partial charge in [0.05, 0.1) is 33.0 Å². The molecule has 0 aromatic carbocycles. The van der Waals surface area contributed by atoms with E-state index in [4.69, 9.17) is 18.9 Å². The lowest BCUT2D eigenvalue weighted by Gasteiger charge is -2.19. The van der Waals surface area contributed by atoms with Crippen LogP contribution >= 0.6 is 0 Å². The summed E-state index contributed by atoms with van der Waals surface area (Å²) in [7, 11) is 0.